The fourth-order valence-corrected chi connectivity index (χ4v) is 2.13. The SMILES string of the molecule is O=C(N[C@@H](Cc1ccccc1)C(=O)O)c1cncs1. The van der Waals surface area contributed by atoms with Gasteiger partial charge in [-0.1, -0.05) is 30.3 Å². The molecule has 2 rings (SSSR count). The number of aliphatic carboxylic acids is 1. The molecule has 0 fully saturated rings. The summed E-state index contributed by atoms with van der Waals surface area (Å²) in [7, 11) is 0. The maximum Gasteiger partial charge on any atom is 0.326 e. The van der Waals surface area contributed by atoms with Crippen molar-refractivity contribution < 1.29 is 14.7 Å². The van der Waals surface area contributed by atoms with Gasteiger partial charge in [-0.2, -0.15) is 0 Å². The number of benzene rings is 1. The van der Waals surface area contributed by atoms with Crippen LogP contribution in [0.3, 0.4) is 0 Å². The molecular formula is C13H12N2O3S. The van der Waals surface area contributed by atoms with Crippen molar-refractivity contribution in [1.82, 2.24) is 10.3 Å². The van der Waals surface area contributed by atoms with E-state index in [2.05, 4.69) is 10.3 Å². The average molecular weight is 276 g/mol. The van der Waals surface area contributed by atoms with Crippen LogP contribution in [0.5, 0.6) is 0 Å². The molecule has 0 bridgehead atoms. The number of nitrogens with one attached hydrogen (secondary N) is 1. The molecule has 0 unspecified atom stereocenters. The number of carboxylic acids is 1. The van der Waals surface area contributed by atoms with E-state index in [1.807, 2.05) is 30.3 Å². The van der Waals surface area contributed by atoms with Gasteiger partial charge in [-0.25, -0.2) is 4.79 Å². The van der Waals surface area contributed by atoms with Crippen molar-refractivity contribution in [2.45, 2.75) is 12.5 Å². The van der Waals surface area contributed by atoms with Crippen molar-refractivity contribution in [3.05, 3.63) is 52.5 Å². The van der Waals surface area contributed by atoms with Gasteiger partial charge < -0.3 is 10.4 Å². The Balaban J connectivity index is 2.05. The van der Waals surface area contributed by atoms with Crippen molar-refractivity contribution >= 4 is 23.2 Å². The van der Waals surface area contributed by atoms with E-state index in [9.17, 15) is 9.59 Å². The van der Waals surface area contributed by atoms with Crippen LogP contribution in [0, 0.1) is 0 Å². The van der Waals surface area contributed by atoms with Crippen molar-refractivity contribution in [3.8, 4) is 0 Å². The molecule has 1 amide bonds. The maximum absolute atomic E-state index is 11.8. The Kier molecular flexibility index (Phi) is 4.25. The van der Waals surface area contributed by atoms with Crippen molar-refractivity contribution in [2.24, 2.45) is 0 Å². The van der Waals surface area contributed by atoms with Gasteiger partial charge in [0.25, 0.3) is 5.91 Å². The number of carboxylic acid groups (broad SMARTS) is 1. The standard InChI is InChI=1S/C13H12N2O3S/c16-12(11-7-14-8-19-11)15-10(13(17)18)6-9-4-2-1-3-5-9/h1-5,7-8,10H,6H2,(H,15,16)(H,17,18)/t10-/m0/s1. The highest BCUT2D eigenvalue weighted by molar-refractivity contribution is 7.11. The van der Waals surface area contributed by atoms with Gasteiger partial charge in [0.1, 0.15) is 10.9 Å². The van der Waals surface area contributed by atoms with Crippen LogP contribution in [0.15, 0.2) is 42.0 Å². The topological polar surface area (TPSA) is 79.3 Å². The molecule has 0 radical (unpaired) electrons. The summed E-state index contributed by atoms with van der Waals surface area (Å²) in [4.78, 5) is 27.2. The van der Waals surface area contributed by atoms with Crippen molar-refractivity contribution in [2.75, 3.05) is 0 Å². The molecule has 98 valence electrons. The fourth-order valence-electron chi connectivity index (χ4n) is 1.61. The lowest BCUT2D eigenvalue weighted by Gasteiger charge is -2.13. The first-order valence-corrected chi connectivity index (χ1v) is 6.51. The molecule has 0 saturated carbocycles. The lowest BCUT2D eigenvalue weighted by Crippen LogP contribution is -2.42. The first-order valence-electron chi connectivity index (χ1n) is 5.63. The van der Waals surface area contributed by atoms with Gasteiger partial charge in [0, 0.05) is 6.42 Å². The summed E-state index contributed by atoms with van der Waals surface area (Å²) in [5.74, 6) is -1.47. The summed E-state index contributed by atoms with van der Waals surface area (Å²) in [6, 6.07) is 8.23. The minimum atomic E-state index is -1.05. The number of thiazole rings is 1. The van der Waals surface area contributed by atoms with Gasteiger partial charge in [0.2, 0.25) is 0 Å². The quantitative estimate of drug-likeness (QED) is 0.868. The van der Waals surface area contributed by atoms with Gasteiger partial charge in [-0.05, 0) is 5.56 Å². The van der Waals surface area contributed by atoms with E-state index in [1.165, 1.54) is 23.0 Å². The normalized spacial score (nSPS) is 11.8. The Labute approximate surface area is 113 Å². The van der Waals surface area contributed by atoms with Crippen molar-refractivity contribution in [1.29, 1.82) is 0 Å². The van der Waals surface area contributed by atoms with Gasteiger partial charge >= 0.3 is 5.97 Å². The van der Waals surface area contributed by atoms with Crippen LogP contribution in [-0.4, -0.2) is 28.0 Å². The summed E-state index contributed by atoms with van der Waals surface area (Å²) in [6.45, 7) is 0. The molecule has 6 heteroatoms. The second-order valence-electron chi connectivity index (χ2n) is 3.92. The van der Waals surface area contributed by atoms with E-state index in [0.717, 1.165) is 5.56 Å². The van der Waals surface area contributed by atoms with Crippen LogP contribution < -0.4 is 5.32 Å². The first-order chi connectivity index (χ1) is 9.16. The Morgan fingerprint density at radius 3 is 2.63 bits per heavy atom. The molecule has 2 N–H and O–H groups in total. The highest BCUT2D eigenvalue weighted by Gasteiger charge is 2.21. The Bertz CT molecular complexity index is 555. The first kappa shape index (κ1) is 13.2. The third-order valence-corrected chi connectivity index (χ3v) is 3.31. The number of hydrogen-bond acceptors (Lipinski definition) is 4. The zero-order valence-electron chi connectivity index (χ0n) is 9.95. The van der Waals surface area contributed by atoms with E-state index < -0.39 is 17.9 Å². The number of nitrogens with zero attached hydrogens (tertiary/aromatic N) is 1. The molecule has 0 aliphatic rings. The predicted octanol–water partition coefficient (Wildman–Crippen LogP) is 1.57. The highest BCUT2D eigenvalue weighted by atomic mass is 32.1. The molecule has 1 aromatic heterocycles. The molecule has 1 heterocycles. The van der Waals surface area contributed by atoms with Crippen LogP contribution in [0.4, 0.5) is 0 Å². The largest absolute Gasteiger partial charge is 0.480 e. The van der Waals surface area contributed by atoms with Crippen molar-refractivity contribution in [3.63, 3.8) is 0 Å². The van der Waals surface area contributed by atoms with E-state index in [0.29, 0.717) is 4.88 Å². The number of rotatable bonds is 5. The van der Waals surface area contributed by atoms with E-state index in [-0.39, 0.29) is 6.42 Å². The number of hydrogen-bond donors (Lipinski definition) is 2. The molecule has 0 aliphatic carbocycles. The van der Waals surface area contributed by atoms with Crippen LogP contribution in [0.1, 0.15) is 15.2 Å². The minimum absolute atomic E-state index is 0.251. The summed E-state index contributed by atoms with van der Waals surface area (Å²) in [6.07, 6.45) is 1.67. The van der Waals surface area contributed by atoms with E-state index >= 15 is 0 Å². The van der Waals surface area contributed by atoms with Crippen LogP contribution in [0.2, 0.25) is 0 Å². The lowest BCUT2D eigenvalue weighted by atomic mass is 10.1. The molecule has 5 nitrogen and oxygen atoms in total. The molecule has 19 heavy (non-hydrogen) atoms. The molecule has 1 atom stereocenters. The van der Waals surface area contributed by atoms with E-state index in [1.54, 1.807) is 0 Å². The third kappa shape index (κ3) is 3.62. The molecule has 2 aromatic rings. The number of amides is 1. The summed E-state index contributed by atoms with van der Waals surface area (Å²) >= 11 is 1.17. The molecule has 0 saturated heterocycles. The van der Waals surface area contributed by atoms with Crippen LogP contribution in [-0.2, 0) is 11.2 Å². The second kappa shape index (κ2) is 6.10. The average Bonchev–Trinajstić information content (AvgIpc) is 2.93. The number of aromatic nitrogens is 1. The predicted molar refractivity (Wildman–Crippen MR) is 71.2 cm³/mol. The maximum atomic E-state index is 11.8. The Morgan fingerprint density at radius 1 is 1.32 bits per heavy atom. The smallest absolute Gasteiger partial charge is 0.326 e. The van der Waals surface area contributed by atoms with Crippen LogP contribution in [0.25, 0.3) is 0 Å². The minimum Gasteiger partial charge on any atom is -0.480 e. The highest BCUT2D eigenvalue weighted by Crippen LogP contribution is 2.08. The summed E-state index contributed by atoms with van der Waals surface area (Å²) in [5.41, 5.74) is 2.39. The van der Waals surface area contributed by atoms with E-state index in [4.69, 9.17) is 5.11 Å². The molecular weight excluding hydrogens is 264 g/mol. The Hall–Kier alpha value is -2.21. The number of carbonyl (C=O) groups excluding carboxylic acids is 1. The molecule has 0 aliphatic heterocycles. The fraction of sp³-hybridized carbons (Fsp3) is 0.154. The second-order valence-corrected chi connectivity index (χ2v) is 4.81. The zero-order valence-corrected chi connectivity index (χ0v) is 10.8. The summed E-state index contributed by atoms with van der Waals surface area (Å²) < 4.78 is 0. The Morgan fingerprint density at radius 2 is 2.05 bits per heavy atom. The third-order valence-electron chi connectivity index (χ3n) is 2.54. The van der Waals surface area contributed by atoms with Crippen LogP contribution >= 0.6 is 11.3 Å². The molecule has 1 aromatic carbocycles. The molecule has 0 spiro atoms. The van der Waals surface area contributed by atoms with Gasteiger partial charge in [-0.15, -0.1) is 11.3 Å². The van der Waals surface area contributed by atoms with Gasteiger partial charge in [0.05, 0.1) is 11.7 Å². The lowest BCUT2D eigenvalue weighted by molar-refractivity contribution is -0.139. The number of carbonyl (C=O) groups is 2. The zero-order chi connectivity index (χ0) is 13.7. The van der Waals surface area contributed by atoms with Gasteiger partial charge in [0.15, 0.2) is 0 Å². The monoisotopic (exact) mass is 276 g/mol. The summed E-state index contributed by atoms with van der Waals surface area (Å²) in [5, 5.41) is 11.7. The van der Waals surface area contributed by atoms with Gasteiger partial charge in [-0.3, -0.25) is 9.78 Å².